The number of likely N-dealkylation sites (N-methyl/N-ethyl adjacent to an activating group) is 1. The first-order valence-electron chi connectivity index (χ1n) is 6.25. The van der Waals surface area contributed by atoms with Gasteiger partial charge in [-0.25, -0.2) is 0 Å². The fourth-order valence-electron chi connectivity index (χ4n) is 1.88. The number of ether oxygens (including phenoxy) is 2. The van der Waals surface area contributed by atoms with Gasteiger partial charge < -0.3 is 14.6 Å². The molecule has 0 fully saturated rings. The van der Waals surface area contributed by atoms with Gasteiger partial charge in [-0.1, -0.05) is 25.1 Å². The minimum atomic E-state index is -0.544. The van der Waals surface area contributed by atoms with E-state index in [0.29, 0.717) is 13.2 Å². The van der Waals surface area contributed by atoms with E-state index in [9.17, 15) is 5.11 Å². The second-order valence-electron chi connectivity index (χ2n) is 4.14. The molecule has 1 rings (SSSR count). The lowest BCUT2D eigenvalue weighted by molar-refractivity contribution is 0.0906. The Labute approximate surface area is 109 Å². The highest BCUT2D eigenvalue weighted by Crippen LogP contribution is 2.25. The van der Waals surface area contributed by atoms with E-state index in [2.05, 4.69) is 11.8 Å². The van der Waals surface area contributed by atoms with E-state index in [1.807, 2.05) is 24.3 Å². The van der Waals surface area contributed by atoms with Crippen LogP contribution in [-0.4, -0.2) is 50.5 Å². The molecule has 102 valence electrons. The first-order valence-corrected chi connectivity index (χ1v) is 6.25. The Morgan fingerprint density at radius 3 is 2.61 bits per heavy atom. The molecule has 0 heterocycles. The Balaban J connectivity index is 2.65. The van der Waals surface area contributed by atoms with Gasteiger partial charge in [0.25, 0.3) is 0 Å². The number of para-hydroxylation sites is 1. The number of hydrogen-bond donors (Lipinski definition) is 1. The van der Waals surface area contributed by atoms with Gasteiger partial charge in [-0.15, -0.1) is 0 Å². The van der Waals surface area contributed by atoms with Crippen LogP contribution in [0.3, 0.4) is 0 Å². The van der Waals surface area contributed by atoms with Crippen LogP contribution in [0.15, 0.2) is 24.3 Å². The summed E-state index contributed by atoms with van der Waals surface area (Å²) in [6.45, 7) is 5.03. The zero-order chi connectivity index (χ0) is 13.4. The number of aliphatic hydroxyl groups excluding tert-OH is 1. The summed E-state index contributed by atoms with van der Waals surface area (Å²) >= 11 is 0. The van der Waals surface area contributed by atoms with Gasteiger partial charge in [0, 0.05) is 25.8 Å². The van der Waals surface area contributed by atoms with Gasteiger partial charge in [0.05, 0.1) is 19.8 Å². The second kappa shape index (κ2) is 8.08. The minimum Gasteiger partial charge on any atom is -0.496 e. The molecule has 0 aliphatic carbocycles. The maximum absolute atomic E-state index is 10.3. The molecule has 4 heteroatoms. The monoisotopic (exact) mass is 253 g/mol. The van der Waals surface area contributed by atoms with Gasteiger partial charge in [0.2, 0.25) is 0 Å². The number of hydrogen-bond acceptors (Lipinski definition) is 4. The summed E-state index contributed by atoms with van der Waals surface area (Å²) in [6.07, 6.45) is -0.544. The van der Waals surface area contributed by atoms with Crippen molar-refractivity contribution in [3.05, 3.63) is 29.8 Å². The quantitative estimate of drug-likeness (QED) is 0.765. The lowest BCUT2D eigenvalue weighted by Crippen LogP contribution is -2.31. The summed E-state index contributed by atoms with van der Waals surface area (Å²) in [7, 11) is 3.30. The lowest BCUT2D eigenvalue weighted by atomic mass is 10.1. The van der Waals surface area contributed by atoms with Gasteiger partial charge in [-0.3, -0.25) is 4.90 Å². The molecule has 0 aliphatic rings. The maximum atomic E-state index is 10.3. The number of benzene rings is 1. The molecule has 0 aliphatic heterocycles. The first kappa shape index (κ1) is 15.0. The summed E-state index contributed by atoms with van der Waals surface area (Å²) in [4.78, 5) is 2.15. The SMILES string of the molecule is CCN(CCOC)CC(O)c1ccccc1OC. The van der Waals surface area contributed by atoms with Gasteiger partial charge in [0.15, 0.2) is 0 Å². The van der Waals surface area contributed by atoms with Gasteiger partial charge in [-0.2, -0.15) is 0 Å². The average molecular weight is 253 g/mol. The molecule has 4 nitrogen and oxygen atoms in total. The lowest BCUT2D eigenvalue weighted by Gasteiger charge is -2.24. The third-order valence-electron chi connectivity index (χ3n) is 2.99. The number of nitrogens with zero attached hydrogens (tertiary/aromatic N) is 1. The standard InChI is InChI=1S/C14H23NO3/c1-4-15(9-10-17-2)11-13(16)12-7-5-6-8-14(12)18-3/h5-8,13,16H,4,9-11H2,1-3H3. The Morgan fingerprint density at radius 2 is 2.00 bits per heavy atom. The maximum Gasteiger partial charge on any atom is 0.124 e. The van der Waals surface area contributed by atoms with Crippen LogP contribution in [0.25, 0.3) is 0 Å². The van der Waals surface area contributed by atoms with E-state index in [1.165, 1.54) is 0 Å². The van der Waals surface area contributed by atoms with E-state index in [4.69, 9.17) is 9.47 Å². The van der Waals surface area contributed by atoms with Gasteiger partial charge >= 0.3 is 0 Å². The summed E-state index contributed by atoms with van der Waals surface area (Å²) in [5, 5.41) is 10.3. The third kappa shape index (κ3) is 4.29. The predicted octanol–water partition coefficient (Wildman–Crippen LogP) is 1.70. The predicted molar refractivity (Wildman–Crippen MR) is 71.9 cm³/mol. The largest absolute Gasteiger partial charge is 0.496 e. The Hall–Kier alpha value is -1.10. The molecular formula is C14H23NO3. The van der Waals surface area contributed by atoms with Crippen LogP contribution in [-0.2, 0) is 4.74 Å². The molecule has 1 aromatic carbocycles. The number of methoxy groups -OCH3 is 2. The zero-order valence-corrected chi connectivity index (χ0v) is 11.4. The second-order valence-corrected chi connectivity index (χ2v) is 4.14. The molecular weight excluding hydrogens is 230 g/mol. The summed E-state index contributed by atoms with van der Waals surface area (Å²) in [5.41, 5.74) is 0.830. The molecule has 0 aromatic heterocycles. The fourth-order valence-corrected chi connectivity index (χ4v) is 1.88. The van der Waals surface area contributed by atoms with E-state index in [1.54, 1.807) is 14.2 Å². The van der Waals surface area contributed by atoms with E-state index < -0.39 is 6.10 Å². The van der Waals surface area contributed by atoms with Crippen molar-refractivity contribution < 1.29 is 14.6 Å². The molecule has 1 atom stereocenters. The third-order valence-corrected chi connectivity index (χ3v) is 2.99. The van der Waals surface area contributed by atoms with Crippen molar-refractivity contribution in [1.29, 1.82) is 0 Å². The van der Waals surface area contributed by atoms with Gasteiger partial charge in [0.1, 0.15) is 5.75 Å². The van der Waals surface area contributed by atoms with Crippen molar-refractivity contribution in [3.8, 4) is 5.75 Å². The van der Waals surface area contributed by atoms with Crippen molar-refractivity contribution in [2.75, 3.05) is 40.5 Å². The summed E-state index contributed by atoms with van der Waals surface area (Å²) in [5.74, 6) is 0.729. The molecule has 0 saturated heterocycles. The molecule has 18 heavy (non-hydrogen) atoms. The minimum absolute atomic E-state index is 0.544. The van der Waals surface area contributed by atoms with Crippen LogP contribution in [0.5, 0.6) is 5.75 Å². The summed E-state index contributed by atoms with van der Waals surface area (Å²) in [6, 6.07) is 7.57. The highest BCUT2D eigenvalue weighted by Gasteiger charge is 2.15. The van der Waals surface area contributed by atoms with E-state index in [0.717, 1.165) is 24.4 Å². The zero-order valence-electron chi connectivity index (χ0n) is 11.4. The van der Waals surface area contributed by atoms with Crippen LogP contribution in [0.4, 0.5) is 0 Å². The molecule has 0 saturated carbocycles. The smallest absolute Gasteiger partial charge is 0.124 e. The first-order chi connectivity index (χ1) is 8.72. The van der Waals surface area contributed by atoms with Crippen molar-refractivity contribution >= 4 is 0 Å². The average Bonchev–Trinajstić information content (AvgIpc) is 2.43. The molecule has 0 spiro atoms. The van der Waals surface area contributed by atoms with E-state index in [-0.39, 0.29) is 0 Å². The molecule has 0 amide bonds. The van der Waals surface area contributed by atoms with Crippen LogP contribution in [0.2, 0.25) is 0 Å². The topological polar surface area (TPSA) is 41.9 Å². The summed E-state index contributed by atoms with van der Waals surface area (Å²) < 4.78 is 10.3. The highest BCUT2D eigenvalue weighted by molar-refractivity contribution is 5.35. The van der Waals surface area contributed by atoms with Crippen LogP contribution >= 0.6 is 0 Å². The normalized spacial score (nSPS) is 12.7. The highest BCUT2D eigenvalue weighted by atomic mass is 16.5. The number of aliphatic hydroxyl groups is 1. The molecule has 1 aromatic rings. The Morgan fingerprint density at radius 1 is 1.28 bits per heavy atom. The van der Waals surface area contributed by atoms with Crippen molar-refractivity contribution in [3.63, 3.8) is 0 Å². The fraction of sp³-hybridized carbons (Fsp3) is 0.571. The molecule has 1 N–H and O–H groups in total. The van der Waals surface area contributed by atoms with Crippen LogP contribution in [0.1, 0.15) is 18.6 Å². The molecule has 1 unspecified atom stereocenters. The molecule has 0 bridgehead atoms. The Kier molecular flexibility index (Phi) is 6.72. The van der Waals surface area contributed by atoms with Crippen LogP contribution in [0, 0.1) is 0 Å². The molecule has 0 radical (unpaired) electrons. The van der Waals surface area contributed by atoms with Crippen molar-refractivity contribution in [2.24, 2.45) is 0 Å². The van der Waals surface area contributed by atoms with E-state index >= 15 is 0 Å². The van der Waals surface area contributed by atoms with Crippen molar-refractivity contribution in [2.45, 2.75) is 13.0 Å². The van der Waals surface area contributed by atoms with Gasteiger partial charge in [-0.05, 0) is 12.6 Å². The number of rotatable bonds is 8. The Bertz CT molecular complexity index is 344. The van der Waals surface area contributed by atoms with Crippen molar-refractivity contribution in [1.82, 2.24) is 4.90 Å². The van der Waals surface area contributed by atoms with Crippen LogP contribution < -0.4 is 4.74 Å².